The molecule has 1 heterocycles. The van der Waals surface area contributed by atoms with Gasteiger partial charge in [0.2, 0.25) is 0 Å². The zero-order valence-corrected chi connectivity index (χ0v) is 7.59. The second-order valence-electron chi connectivity index (χ2n) is 2.94. The minimum atomic E-state index is -0.812. The second kappa shape index (κ2) is 3.09. The predicted octanol–water partition coefficient (Wildman–Crippen LogP) is 1.52. The van der Waals surface area contributed by atoms with E-state index >= 15 is 0 Å². The van der Waals surface area contributed by atoms with Gasteiger partial charge in [-0.2, -0.15) is 0 Å². The van der Waals surface area contributed by atoms with E-state index in [9.17, 15) is 0 Å². The SMILES string of the molecule is CCOC1(C)OC(C)C(C)O1. The van der Waals surface area contributed by atoms with Crippen molar-refractivity contribution in [2.45, 2.75) is 45.9 Å². The number of hydrogen-bond donors (Lipinski definition) is 0. The fourth-order valence-corrected chi connectivity index (χ4v) is 1.22. The van der Waals surface area contributed by atoms with Crippen LogP contribution >= 0.6 is 0 Å². The molecule has 0 saturated carbocycles. The van der Waals surface area contributed by atoms with Gasteiger partial charge in [-0.3, -0.25) is 0 Å². The molecule has 11 heavy (non-hydrogen) atoms. The summed E-state index contributed by atoms with van der Waals surface area (Å²) in [6.45, 7) is 8.29. The zero-order chi connectivity index (χ0) is 8.48. The highest BCUT2D eigenvalue weighted by Gasteiger charge is 2.40. The predicted molar refractivity (Wildman–Crippen MR) is 41.1 cm³/mol. The first-order valence-electron chi connectivity index (χ1n) is 4.07. The fourth-order valence-electron chi connectivity index (χ4n) is 1.22. The van der Waals surface area contributed by atoms with Crippen molar-refractivity contribution in [1.29, 1.82) is 0 Å². The van der Waals surface area contributed by atoms with Gasteiger partial charge < -0.3 is 14.2 Å². The summed E-state index contributed by atoms with van der Waals surface area (Å²) in [6.07, 6.45) is 0.234. The van der Waals surface area contributed by atoms with Gasteiger partial charge in [0.15, 0.2) is 0 Å². The first-order chi connectivity index (χ1) is 5.07. The number of hydrogen-bond acceptors (Lipinski definition) is 3. The molecule has 1 aliphatic heterocycles. The van der Waals surface area contributed by atoms with Crippen LogP contribution in [0, 0.1) is 0 Å². The molecule has 0 aliphatic carbocycles. The Balaban J connectivity index is 2.49. The van der Waals surface area contributed by atoms with Crippen LogP contribution in [-0.4, -0.2) is 24.8 Å². The van der Waals surface area contributed by atoms with E-state index in [-0.39, 0.29) is 12.2 Å². The smallest absolute Gasteiger partial charge is 0.280 e. The van der Waals surface area contributed by atoms with Crippen LogP contribution < -0.4 is 0 Å². The van der Waals surface area contributed by atoms with Crippen LogP contribution in [0.4, 0.5) is 0 Å². The Labute approximate surface area is 67.6 Å². The van der Waals surface area contributed by atoms with Gasteiger partial charge in [0.25, 0.3) is 5.97 Å². The summed E-state index contributed by atoms with van der Waals surface area (Å²) in [4.78, 5) is 0. The third-order valence-corrected chi connectivity index (χ3v) is 1.87. The van der Waals surface area contributed by atoms with E-state index in [2.05, 4.69) is 0 Å². The monoisotopic (exact) mass is 160 g/mol. The summed E-state index contributed by atoms with van der Waals surface area (Å²) in [5.74, 6) is -0.812. The Morgan fingerprint density at radius 1 is 1.27 bits per heavy atom. The van der Waals surface area contributed by atoms with Crippen LogP contribution in [0.15, 0.2) is 0 Å². The molecule has 0 N–H and O–H groups in total. The van der Waals surface area contributed by atoms with Gasteiger partial charge in [-0.05, 0) is 20.8 Å². The lowest BCUT2D eigenvalue weighted by Crippen LogP contribution is -2.30. The lowest BCUT2D eigenvalue weighted by atomic mass is 10.3. The minimum Gasteiger partial charge on any atom is -0.328 e. The Morgan fingerprint density at radius 2 is 1.73 bits per heavy atom. The minimum absolute atomic E-state index is 0.117. The van der Waals surface area contributed by atoms with Crippen molar-refractivity contribution in [3.63, 3.8) is 0 Å². The van der Waals surface area contributed by atoms with Crippen LogP contribution in [0.3, 0.4) is 0 Å². The Hall–Kier alpha value is -0.120. The summed E-state index contributed by atoms with van der Waals surface area (Å²) in [6, 6.07) is 0. The Bertz CT molecular complexity index is 125. The summed E-state index contributed by atoms with van der Waals surface area (Å²) in [5, 5.41) is 0. The van der Waals surface area contributed by atoms with E-state index in [0.29, 0.717) is 6.61 Å². The van der Waals surface area contributed by atoms with Crippen molar-refractivity contribution >= 4 is 0 Å². The van der Waals surface area contributed by atoms with Crippen LogP contribution in [0.25, 0.3) is 0 Å². The molecule has 2 unspecified atom stereocenters. The largest absolute Gasteiger partial charge is 0.328 e. The Kier molecular flexibility index (Phi) is 2.52. The maximum absolute atomic E-state index is 5.46. The lowest BCUT2D eigenvalue weighted by molar-refractivity contribution is -0.326. The van der Waals surface area contributed by atoms with E-state index in [4.69, 9.17) is 14.2 Å². The van der Waals surface area contributed by atoms with Crippen molar-refractivity contribution in [1.82, 2.24) is 0 Å². The molecule has 66 valence electrons. The summed E-state index contributed by atoms with van der Waals surface area (Å²) in [5.41, 5.74) is 0. The van der Waals surface area contributed by atoms with Gasteiger partial charge in [0, 0.05) is 13.5 Å². The molecule has 0 radical (unpaired) electrons. The quantitative estimate of drug-likeness (QED) is 0.613. The maximum Gasteiger partial charge on any atom is 0.280 e. The molecule has 1 saturated heterocycles. The second-order valence-corrected chi connectivity index (χ2v) is 2.94. The molecule has 3 nitrogen and oxygen atoms in total. The summed E-state index contributed by atoms with van der Waals surface area (Å²) in [7, 11) is 0. The van der Waals surface area contributed by atoms with Crippen molar-refractivity contribution < 1.29 is 14.2 Å². The first kappa shape index (κ1) is 8.97. The molecular formula is C8H16O3. The molecule has 0 spiro atoms. The molecular weight excluding hydrogens is 144 g/mol. The van der Waals surface area contributed by atoms with Crippen LogP contribution in [0.1, 0.15) is 27.7 Å². The van der Waals surface area contributed by atoms with Crippen molar-refractivity contribution in [3.05, 3.63) is 0 Å². The standard InChI is InChI=1S/C8H16O3/c1-5-9-8(4)10-6(2)7(3)11-8/h6-7H,5H2,1-4H3. The van der Waals surface area contributed by atoms with E-state index in [1.165, 1.54) is 0 Å². The van der Waals surface area contributed by atoms with Gasteiger partial charge >= 0.3 is 0 Å². The third kappa shape index (κ3) is 1.92. The first-order valence-corrected chi connectivity index (χ1v) is 4.07. The fraction of sp³-hybridized carbons (Fsp3) is 1.00. The van der Waals surface area contributed by atoms with Crippen LogP contribution in [0.5, 0.6) is 0 Å². The average Bonchev–Trinajstić information content (AvgIpc) is 2.08. The molecule has 3 heteroatoms. The van der Waals surface area contributed by atoms with Gasteiger partial charge in [-0.1, -0.05) is 0 Å². The number of rotatable bonds is 2. The molecule has 1 rings (SSSR count). The molecule has 2 atom stereocenters. The molecule has 1 fully saturated rings. The maximum atomic E-state index is 5.46. The van der Waals surface area contributed by atoms with Gasteiger partial charge in [0.1, 0.15) is 0 Å². The van der Waals surface area contributed by atoms with E-state index in [0.717, 1.165) is 0 Å². The van der Waals surface area contributed by atoms with Crippen LogP contribution in [-0.2, 0) is 14.2 Å². The van der Waals surface area contributed by atoms with Gasteiger partial charge in [-0.25, -0.2) is 0 Å². The lowest BCUT2D eigenvalue weighted by Gasteiger charge is -2.21. The van der Waals surface area contributed by atoms with Crippen molar-refractivity contribution in [2.75, 3.05) is 6.61 Å². The Morgan fingerprint density at radius 3 is 2.09 bits per heavy atom. The highest BCUT2D eigenvalue weighted by atomic mass is 16.9. The molecule has 0 aromatic carbocycles. The topological polar surface area (TPSA) is 27.7 Å². The van der Waals surface area contributed by atoms with E-state index in [1.807, 2.05) is 20.8 Å². The number of ether oxygens (including phenoxy) is 3. The molecule has 0 aromatic rings. The van der Waals surface area contributed by atoms with Crippen molar-refractivity contribution in [3.8, 4) is 0 Å². The van der Waals surface area contributed by atoms with Gasteiger partial charge in [0.05, 0.1) is 12.2 Å². The molecule has 0 aromatic heterocycles. The zero-order valence-electron chi connectivity index (χ0n) is 7.59. The molecule has 0 bridgehead atoms. The average molecular weight is 160 g/mol. The van der Waals surface area contributed by atoms with Gasteiger partial charge in [-0.15, -0.1) is 0 Å². The summed E-state index contributed by atoms with van der Waals surface area (Å²) < 4.78 is 16.2. The molecule has 1 aliphatic rings. The highest BCUT2D eigenvalue weighted by molar-refractivity contribution is 4.71. The molecule has 0 amide bonds. The van der Waals surface area contributed by atoms with E-state index < -0.39 is 5.97 Å². The van der Waals surface area contributed by atoms with Crippen LogP contribution in [0.2, 0.25) is 0 Å². The van der Waals surface area contributed by atoms with E-state index in [1.54, 1.807) is 6.92 Å². The third-order valence-electron chi connectivity index (χ3n) is 1.87. The highest BCUT2D eigenvalue weighted by Crippen LogP contribution is 2.28. The van der Waals surface area contributed by atoms with Crippen molar-refractivity contribution in [2.24, 2.45) is 0 Å². The normalized spacial score (nSPS) is 44.7. The summed E-state index contributed by atoms with van der Waals surface area (Å²) >= 11 is 0.